The number of hydrogen-bond donors (Lipinski definition) is 2. The molecule has 2 aromatic rings. The van der Waals surface area contributed by atoms with Crippen LogP contribution in [-0.2, 0) is 10.0 Å². The van der Waals surface area contributed by atoms with Crippen molar-refractivity contribution in [1.29, 1.82) is 0 Å². The molecule has 13 heteroatoms. The fraction of sp³-hybridized carbons (Fsp3) is 0.429. The molecule has 2 aromatic carbocycles. The van der Waals surface area contributed by atoms with Gasteiger partial charge in [-0.3, -0.25) is 10.1 Å². The number of halogens is 2. The van der Waals surface area contributed by atoms with Crippen molar-refractivity contribution in [1.82, 2.24) is 9.80 Å². The summed E-state index contributed by atoms with van der Waals surface area (Å²) in [6.07, 6.45) is 0.803. The molecule has 34 heavy (non-hydrogen) atoms. The van der Waals surface area contributed by atoms with Gasteiger partial charge < -0.3 is 15.1 Å². The molecule has 1 fully saturated rings. The van der Waals surface area contributed by atoms with Crippen LogP contribution in [0.25, 0.3) is 0 Å². The largest absolute Gasteiger partial charge is 0.376 e. The van der Waals surface area contributed by atoms with E-state index in [4.69, 9.17) is 5.14 Å². The van der Waals surface area contributed by atoms with Gasteiger partial charge in [0.05, 0.1) is 9.82 Å². The highest BCUT2D eigenvalue weighted by atomic mass is 35.5. The first-order valence-corrected chi connectivity index (χ1v) is 12.9. The molecule has 0 aliphatic carbocycles. The van der Waals surface area contributed by atoms with E-state index in [1.165, 1.54) is 12.1 Å². The van der Waals surface area contributed by atoms with Crippen LogP contribution in [0.3, 0.4) is 0 Å². The van der Waals surface area contributed by atoms with Crippen LogP contribution in [-0.4, -0.2) is 74.7 Å². The second-order valence-electron chi connectivity index (χ2n) is 7.88. The van der Waals surface area contributed by atoms with Crippen molar-refractivity contribution >= 4 is 58.0 Å². The topological polar surface area (TPSA) is 122 Å². The number of nitrogens with one attached hydrogen (secondary N) is 1. The lowest BCUT2D eigenvalue weighted by Gasteiger charge is -2.33. The first-order chi connectivity index (χ1) is 15.2. The second-order valence-corrected chi connectivity index (χ2v) is 10.5. The fourth-order valence-corrected chi connectivity index (χ4v) is 5.03. The van der Waals surface area contributed by atoms with Crippen LogP contribution in [0.2, 0.25) is 0 Å². The molecule has 1 heterocycles. The summed E-state index contributed by atoms with van der Waals surface area (Å²) in [4.78, 5) is 16.6. The Balaban J connectivity index is 0.00000289. The Morgan fingerprint density at radius 2 is 1.76 bits per heavy atom. The summed E-state index contributed by atoms with van der Waals surface area (Å²) in [5.74, 6) is 0.714. The van der Waals surface area contributed by atoms with Gasteiger partial charge in [-0.2, -0.15) is 0 Å². The van der Waals surface area contributed by atoms with Gasteiger partial charge >= 0.3 is 0 Å². The van der Waals surface area contributed by atoms with Gasteiger partial charge in [-0.15, -0.1) is 36.6 Å². The molecule has 0 radical (unpaired) electrons. The molecular weight excluding hydrogens is 521 g/mol. The number of anilines is 1. The monoisotopic (exact) mass is 551 g/mol. The standard InChI is InChI=1S/C21H29N5O4S2.2ClH/c1-24-11-13-25(14-12-24)10-9-17(16-31-18-5-3-2-4-6-18)23-20-8-7-19(32(22,29)30)15-21(20)26(27)28;;/h2-8,15,17,23H,9-14,16H2,1H3,(H2,22,29,30);2*1H/t17-;;/m1../s1. The molecule has 190 valence electrons. The van der Waals surface area contributed by atoms with E-state index in [1.807, 2.05) is 30.3 Å². The average Bonchev–Trinajstić information content (AvgIpc) is 2.76. The van der Waals surface area contributed by atoms with Crippen LogP contribution in [0, 0.1) is 10.1 Å². The number of rotatable bonds is 10. The Morgan fingerprint density at radius 3 is 2.35 bits per heavy atom. The lowest BCUT2D eigenvalue weighted by atomic mass is 10.1. The maximum Gasteiger partial charge on any atom is 0.293 e. The van der Waals surface area contributed by atoms with Gasteiger partial charge in [-0.05, 0) is 37.7 Å². The number of nitro groups is 1. The van der Waals surface area contributed by atoms with E-state index in [0.29, 0.717) is 11.4 Å². The van der Waals surface area contributed by atoms with Gasteiger partial charge in [-0.1, -0.05) is 18.2 Å². The number of nitrogens with two attached hydrogens (primary N) is 1. The molecule has 1 saturated heterocycles. The Bertz CT molecular complexity index is 1020. The van der Waals surface area contributed by atoms with Gasteiger partial charge in [0.25, 0.3) is 5.69 Å². The van der Waals surface area contributed by atoms with E-state index in [-0.39, 0.29) is 41.4 Å². The summed E-state index contributed by atoms with van der Waals surface area (Å²) in [6.45, 7) is 4.93. The molecule has 3 rings (SSSR count). The van der Waals surface area contributed by atoms with Crippen molar-refractivity contribution in [2.45, 2.75) is 22.3 Å². The highest BCUT2D eigenvalue weighted by Gasteiger charge is 2.22. The average molecular weight is 553 g/mol. The quantitative estimate of drug-likeness (QED) is 0.262. The maximum absolute atomic E-state index is 11.6. The maximum atomic E-state index is 11.6. The summed E-state index contributed by atoms with van der Waals surface area (Å²) < 4.78 is 23.2. The number of likely N-dealkylation sites (N-methyl/N-ethyl adjacent to an activating group) is 1. The Labute approximate surface area is 217 Å². The van der Waals surface area contributed by atoms with E-state index >= 15 is 0 Å². The van der Waals surface area contributed by atoms with Crippen LogP contribution >= 0.6 is 36.6 Å². The number of primary sulfonamides is 1. The third-order valence-corrected chi connectivity index (χ3v) is 7.52. The molecule has 0 aromatic heterocycles. The Morgan fingerprint density at radius 1 is 1.12 bits per heavy atom. The second kappa shape index (κ2) is 14.1. The first kappa shape index (κ1) is 30.4. The highest BCUT2D eigenvalue weighted by Crippen LogP contribution is 2.29. The number of nitrogens with zero attached hydrogens (tertiary/aromatic N) is 3. The van der Waals surface area contributed by atoms with E-state index in [0.717, 1.165) is 50.1 Å². The number of nitro benzene ring substituents is 1. The predicted octanol–water partition coefficient (Wildman–Crippen LogP) is 3.30. The molecule has 0 unspecified atom stereocenters. The molecule has 3 N–H and O–H groups in total. The number of sulfonamides is 1. The minimum absolute atomic E-state index is 0. The lowest BCUT2D eigenvalue weighted by Crippen LogP contribution is -2.45. The molecule has 0 amide bonds. The summed E-state index contributed by atoms with van der Waals surface area (Å²) in [6, 6.07) is 13.7. The van der Waals surface area contributed by atoms with Crippen molar-refractivity contribution in [2.24, 2.45) is 5.14 Å². The van der Waals surface area contributed by atoms with Crippen molar-refractivity contribution < 1.29 is 13.3 Å². The number of benzene rings is 2. The van der Waals surface area contributed by atoms with Gasteiger partial charge in [-0.25, -0.2) is 13.6 Å². The van der Waals surface area contributed by atoms with Crippen molar-refractivity contribution in [3.8, 4) is 0 Å². The number of thioether (sulfide) groups is 1. The molecular formula is C21H31Cl2N5O4S2. The first-order valence-electron chi connectivity index (χ1n) is 10.4. The van der Waals surface area contributed by atoms with Crippen LogP contribution in [0.1, 0.15) is 6.42 Å². The summed E-state index contributed by atoms with van der Waals surface area (Å²) >= 11 is 1.68. The number of hydrogen-bond acceptors (Lipinski definition) is 8. The van der Waals surface area contributed by atoms with E-state index in [1.54, 1.807) is 11.8 Å². The normalized spacial score (nSPS) is 15.6. The van der Waals surface area contributed by atoms with E-state index in [2.05, 4.69) is 22.2 Å². The van der Waals surface area contributed by atoms with Crippen molar-refractivity contribution in [3.05, 3.63) is 58.6 Å². The lowest BCUT2D eigenvalue weighted by molar-refractivity contribution is -0.384. The number of piperazine rings is 1. The molecule has 0 saturated carbocycles. The van der Waals surface area contributed by atoms with Crippen molar-refractivity contribution in [3.63, 3.8) is 0 Å². The highest BCUT2D eigenvalue weighted by molar-refractivity contribution is 7.99. The van der Waals surface area contributed by atoms with Gasteiger partial charge in [0, 0.05) is 55.5 Å². The molecule has 9 nitrogen and oxygen atoms in total. The third kappa shape index (κ3) is 9.21. The van der Waals surface area contributed by atoms with Crippen LogP contribution in [0.5, 0.6) is 0 Å². The summed E-state index contributed by atoms with van der Waals surface area (Å²) in [5, 5.41) is 20.0. The van der Waals surface area contributed by atoms with Crippen LogP contribution in [0.4, 0.5) is 11.4 Å². The van der Waals surface area contributed by atoms with Crippen LogP contribution in [0.15, 0.2) is 58.3 Å². The SMILES string of the molecule is CN1CCN(CC[C@H](CSc2ccccc2)Nc2ccc(S(N)(=O)=O)cc2[N+](=O)[O-])CC1.Cl.Cl. The van der Waals surface area contributed by atoms with Crippen molar-refractivity contribution in [2.75, 3.05) is 50.8 Å². The molecule has 0 spiro atoms. The molecule has 1 aliphatic heterocycles. The predicted molar refractivity (Wildman–Crippen MR) is 142 cm³/mol. The molecule has 1 aliphatic rings. The van der Waals surface area contributed by atoms with Gasteiger partial charge in [0.1, 0.15) is 5.69 Å². The molecule has 1 atom stereocenters. The van der Waals surface area contributed by atoms with E-state index in [9.17, 15) is 18.5 Å². The van der Waals surface area contributed by atoms with E-state index < -0.39 is 14.9 Å². The summed E-state index contributed by atoms with van der Waals surface area (Å²) in [5.41, 5.74) is -0.00901. The molecule has 0 bridgehead atoms. The Kier molecular flexibility index (Phi) is 12.6. The minimum atomic E-state index is -4.03. The summed E-state index contributed by atoms with van der Waals surface area (Å²) in [7, 11) is -1.91. The Hall–Kier alpha value is -1.60. The fourth-order valence-electron chi connectivity index (χ4n) is 3.50. The van der Waals surface area contributed by atoms with Crippen LogP contribution < -0.4 is 10.5 Å². The zero-order chi connectivity index (χ0) is 23.1. The third-order valence-electron chi connectivity index (χ3n) is 5.44. The van der Waals surface area contributed by atoms with Gasteiger partial charge in [0.15, 0.2) is 0 Å². The van der Waals surface area contributed by atoms with Gasteiger partial charge in [0.2, 0.25) is 10.0 Å². The minimum Gasteiger partial charge on any atom is -0.376 e. The zero-order valence-corrected chi connectivity index (χ0v) is 22.1. The smallest absolute Gasteiger partial charge is 0.293 e. The zero-order valence-electron chi connectivity index (χ0n) is 18.8.